The van der Waals surface area contributed by atoms with Crippen molar-refractivity contribution in [3.05, 3.63) is 59.4 Å². The Labute approximate surface area is 166 Å². The fourth-order valence-electron chi connectivity index (χ4n) is 3.24. The number of hydrogen-bond donors (Lipinski definition) is 0. The average Bonchev–Trinajstić information content (AvgIpc) is 3.05. The molecule has 0 aliphatic carbocycles. The summed E-state index contributed by atoms with van der Waals surface area (Å²) in [7, 11) is 0. The molecule has 3 aromatic rings. The van der Waals surface area contributed by atoms with E-state index in [1.165, 1.54) is 0 Å². The number of imidazole rings is 1. The van der Waals surface area contributed by atoms with Crippen molar-refractivity contribution in [2.24, 2.45) is 0 Å². The first kappa shape index (κ1) is 20.2. The maximum Gasteiger partial charge on any atom is 0.313 e. The molecule has 0 aliphatic rings. The fraction of sp³-hybridized carbons (Fsp3) is 0.333. The second-order valence-corrected chi connectivity index (χ2v) is 7.45. The van der Waals surface area contributed by atoms with Gasteiger partial charge in [0.2, 0.25) is 0 Å². The van der Waals surface area contributed by atoms with Crippen LogP contribution in [-0.2, 0) is 32.8 Å². The van der Waals surface area contributed by atoms with E-state index in [-0.39, 0.29) is 17.6 Å². The fourth-order valence-corrected chi connectivity index (χ4v) is 3.69. The topological polar surface area (TPSA) is 84.2 Å². The van der Waals surface area contributed by atoms with Crippen LogP contribution in [0.1, 0.15) is 43.6 Å². The molecule has 0 amide bonds. The second kappa shape index (κ2) is 8.67. The van der Waals surface area contributed by atoms with Crippen LogP contribution in [0.5, 0.6) is 0 Å². The molecule has 0 aliphatic heterocycles. The molecule has 0 spiro atoms. The number of carbonyl (C=O) groups excluding carboxylic acids is 1. The second-order valence-electron chi connectivity index (χ2n) is 6.55. The third-order valence-corrected chi connectivity index (χ3v) is 5.25. The first-order valence-electron chi connectivity index (χ1n) is 9.27. The van der Waals surface area contributed by atoms with Crippen molar-refractivity contribution < 1.29 is 18.3 Å². The summed E-state index contributed by atoms with van der Waals surface area (Å²) in [5, 5.41) is 0. The van der Waals surface area contributed by atoms with Gasteiger partial charge in [-0.15, -0.1) is 0 Å². The lowest BCUT2D eigenvalue weighted by Crippen LogP contribution is -2.13. The Morgan fingerprint density at radius 3 is 2.54 bits per heavy atom. The Morgan fingerprint density at radius 1 is 1.21 bits per heavy atom. The first-order chi connectivity index (χ1) is 13.4. The zero-order chi connectivity index (χ0) is 20.3. The molecular weight excluding hydrogens is 376 g/mol. The molecular formula is C21H23N2O4S-. The van der Waals surface area contributed by atoms with Crippen molar-refractivity contribution in [2.45, 2.75) is 38.9 Å². The minimum absolute atomic E-state index is 0.0231. The number of aryl methyl sites for hydroxylation is 1. The highest BCUT2D eigenvalue weighted by molar-refractivity contribution is 7.78. The van der Waals surface area contributed by atoms with Gasteiger partial charge in [-0.25, -0.2) is 4.98 Å². The van der Waals surface area contributed by atoms with Crippen LogP contribution < -0.4 is 0 Å². The minimum atomic E-state index is -2.13. The summed E-state index contributed by atoms with van der Waals surface area (Å²) in [6.07, 6.45) is 0.735. The molecule has 0 saturated carbocycles. The van der Waals surface area contributed by atoms with Gasteiger partial charge in [0.05, 0.1) is 23.6 Å². The molecule has 0 fully saturated rings. The molecule has 7 heteroatoms. The van der Waals surface area contributed by atoms with Crippen LogP contribution in [0.25, 0.3) is 16.7 Å². The van der Waals surface area contributed by atoms with Gasteiger partial charge in [-0.3, -0.25) is 13.6 Å². The normalized spacial score (nSPS) is 13.4. The van der Waals surface area contributed by atoms with Gasteiger partial charge in [0.25, 0.3) is 0 Å². The number of ether oxygens (including phenoxy) is 1. The number of benzene rings is 2. The van der Waals surface area contributed by atoms with E-state index in [0.717, 1.165) is 34.5 Å². The van der Waals surface area contributed by atoms with Crippen LogP contribution in [0.3, 0.4) is 0 Å². The van der Waals surface area contributed by atoms with E-state index < -0.39 is 11.1 Å². The van der Waals surface area contributed by atoms with E-state index in [9.17, 15) is 13.6 Å². The van der Waals surface area contributed by atoms with Gasteiger partial charge in [0, 0.05) is 17.9 Å². The summed E-state index contributed by atoms with van der Waals surface area (Å²) in [6.45, 7) is 6.02. The van der Waals surface area contributed by atoms with E-state index in [1.807, 2.05) is 56.3 Å². The molecule has 3 rings (SSSR count). The standard InChI is InChI=1S/C21H24N2O4S/c1-4-20-22-18-12-15(13-28(25)26)6-11-19(18)23(20)17-9-7-16(8-10-17)14(3)21(24)27-5-2/h6-12,14H,4-5,13H2,1-3H3,(H,25,26)/p-1. The zero-order valence-electron chi connectivity index (χ0n) is 16.2. The molecule has 2 aromatic carbocycles. The molecule has 1 aromatic heterocycles. The van der Waals surface area contributed by atoms with Crippen LogP contribution in [0, 0.1) is 0 Å². The SMILES string of the molecule is CCOC(=O)C(C)c1ccc(-n2c(CC)nc3cc(CS(=O)[O-])ccc32)cc1. The molecule has 0 saturated heterocycles. The van der Waals surface area contributed by atoms with Gasteiger partial charge in [0.15, 0.2) is 0 Å². The van der Waals surface area contributed by atoms with Crippen LogP contribution >= 0.6 is 0 Å². The van der Waals surface area contributed by atoms with Crippen LogP contribution in [0.4, 0.5) is 0 Å². The van der Waals surface area contributed by atoms with Gasteiger partial charge < -0.3 is 9.29 Å². The van der Waals surface area contributed by atoms with E-state index in [1.54, 1.807) is 6.92 Å². The molecule has 2 atom stereocenters. The summed E-state index contributed by atoms with van der Waals surface area (Å²) in [5.41, 5.74) is 4.24. The van der Waals surface area contributed by atoms with Gasteiger partial charge in [-0.2, -0.15) is 0 Å². The number of hydrogen-bond acceptors (Lipinski definition) is 5. The lowest BCUT2D eigenvalue weighted by Gasteiger charge is -2.13. The van der Waals surface area contributed by atoms with Crippen molar-refractivity contribution in [1.82, 2.24) is 9.55 Å². The Hall–Kier alpha value is -2.51. The minimum Gasteiger partial charge on any atom is -0.772 e. The number of rotatable bonds is 7. The highest BCUT2D eigenvalue weighted by Gasteiger charge is 2.17. The molecule has 0 bridgehead atoms. The summed E-state index contributed by atoms with van der Waals surface area (Å²) in [4.78, 5) is 16.6. The summed E-state index contributed by atoms with van der Waals surface area (Å²) >= 11 is -2.13. The Bertz CT molecular complexity index is 1010. The van der Waals surface area contributed by atoms with Crippen molar-refractivity contribution in [3.8, 4) is 5.69 Å². The number of aromatic nitrogens is 2. The molecule has 1 heterocycles. The summed E-state index contributed by atoms with van der Waals surface area (Å²) in [6, 6.07) is 13.3. The largest absolute Gasteiger partial charge is 0.772 e. The Kier molecular flexibility index (Phi) is 6.26. The van der Waals surface area contributed by atoms with Crippen LogP contribution in [-0.4, -0.2) is 30.9 Å². The van der Waals surface area contributed by atoms with Crippen LogP contribution in [0.2, 0.25) is 0 Å². The third-order valence-electron chi connectivity index (χ3n) is 4.68. The van der Waals surface area contributed by atoms with E-state index in [4.69, 9.17) is 4.74 Å². The van der Waals surface area contributed by atoms with E-state index in [0.29, 0.717) is 12.2 Å². The van der Waals surface area contributed by atoms with E-state index >= 15 is 0 Å². The monoisotopic (exact) mass is 399 g/mol. The lowest BCUT2D eigenvalue weighted by molar-refractivity contribution is -0.144. The molecule has 28 heavy (non-hydrogen) atoms. The lowest BCUT2D eigenvalue weighted by atomic mass is 10.0. The molecule has 0 radical (unpaired) electrons. The first-order valence-corrected chi connectivity index (χ1v) is 10.5. The quantitative estimate of drug-likeness (QED) is 0.447. The van der Waals surface area contributed by atoms with E-state index in [2.05, 4.69) is 9.55 Å². The molecule has 148 valence electrons. The summed E-state index contributed by atoms with van der Waals surface area (Å²) in [5.74, 6) is 0.308. The number of nitrogens with zero attached hydrogens (tertiary/aromatic N) is 2. The van der Waals surface area contributed by atoms with Crippen LogP contribution in [0.15, 0.2) is 42.5 Å². The van der Waals surface area contributed by atoms with Crippen molar-refractivity contribution in [3.63, 3.8) is 0 Å². The third kappa shape index (κ3) is 4.15. The van der Waals surface area contributed by atoms with Gasteiger partial charge in [-0.05, 0) is 49.2 Å². The number of fused-ring (bicyclic) bond motifs is 1. The maximum absolute atomic E-state index is 12.0. The molecule has 0 N–H and O–H groups in total. The maximum atomic E-state index is 12.0. The van der Waals surface area contributed by atoms with Crippen molar-refractivity contribution in [1.29, 1.82) is 0 Å². The molecule has 6 nitrogen and oxygen atoms in total. The van der Waals surface area contributed by atoms with Crippen molar-refractivity contribution in [2.75, 3.05) is 6.61 Å². The summed E-state index contributed by atoms with van der Waals surface area (Å²) < 4.78 is 29.1. The van der Waals surface area contributed by atoms with Gasteiger partial charge >= 0.3 is 5.97 Å². The number of esters is 1. The Morgan fingerprint density at radius 2 is 1.93 bits per heavy atom. The number of carbonyl (C=O) groups is 1. The van der Waals surface area contributed by atoms with Crippen molar-refractivity contribution >= 4 is 28.1 Å². The average molecular weight is 399 g/mol. The zero-order valence-corrected chi connectivity index (χ0v) is 17.0. The highest BCUT2D eigenvalue weighted by Crippen LogP contribution is 2.25. The Balaban J connectivity index is 1.98. The predicted octanol–water partition coefficient (Wildman–Crippen LogP) is 3.63. The smallest absolute Gasteiger partial charge is 0.313 e. The predicted molar refractivity (Wildman–Crippen MR) is 108 cm³/mol. The van der Waals surface area contributed by atoms with Gasteiger partial charge in [-0.1, -0.05) is 36.2 Å². The molecule has 2 unspecified atom stereocenters. The van der Waals surface area contributed by atoms with Gasteiger partial charge in [0.1, 0.15) is 5.82 Å². The highest BCUT2D eigenvalue weighted by atomic mass is 32.2.